The second-order valence-corrected chi connectivity index (χ2v) is 8.06. The Bertz CT molecular complexity index is 1190. The zero-order chi connectivity index (χ0) is 19.3. The van der Waals surface area contributed by atoms with Gasteiger partial charge in [0.2, 0.25) is 0 Å². The first-order valence-electron chi connectivity index (χ1n) is 10.4. The van der Waals surface area contributed by atoms with Crippen molar-refractivity contribution in [2.75, 3.05) is 0 Å². The van der Waals surface area contributed by atoms with E-state index in [1.807, 2.05) is 0 Å². The molecule has 0 amide bonds. The predicted molar refractivity (Wildman–Crippen MR) is 121 cm³/mol. The number of hydrogen-bond donors (Lipinski definition) is 0. The van der Waals surface area contributed by atoms with E-state index in [0.717, 1.165) is 0 Å². The molecule has 0 saturated carbocycles. The van der Waals surface area contributed by atoms with E-state index in [0.29, 0.717) is 0 Å². The second kappa shape index (κ2) is 6.32. The molecule has 0 atom stereocenters. The Morgan fingerprint density at radius 2 is 1.14 bits per heavy atom. The standard InChI is InChI=1S/C29H22/c1-3-12-23(13-4-1)29(24-14-5-2-6-15-24)27-17-8-7-16-25(27)26-20-22(18-19-28(26)29)21-10-9-11-21/h1-8,10,12-20H,9,11H2. The third kappa shape index (κ3) is 2.26. The summed E-state index contributed by atoms with van der Waals surface area (Å²) in [5, 5.41) is 0. The minimum Gasteiger partial charge on any atom is -0.0804 e. The third-order valence-corrected chi connectivity index (χ3v) is 6.63. The molecule has 29 heavy (non-hydrogen) atoms. The van der Waals surface area contributed by atoms with Crippen LogP contribution in [0.1, 0.15) is 40.7 Å². The monoisotopic (exact) mass is 370 g/mol. The molecule has 0 saturated heterocycles. The van der Waals surface area contributed by atoms with Crippen LogP contribution in [0.4, 0.5) is 0 Å². The lowest BCUT2D eigenvalue weighted by molar-refractivity contribution is 0.768. The van der Waals surface area contributed by atoms with Crippen molar-refractivity contribution in [2.45, 2.75) is 18.3 Å². The maximum Gasteiger partial charge on any atom is 0.0713 e. The first-order chi connectivity index (χ1) is 14.4. The van der Waals surface area contributed by atoms with Gasteiger partial charge in [-0.15, -0.1) is 0 Å². The van der Waals surface area contributed by atoms with E-state index in [4.69, 9.17) is 0 Å². The SMILES string of the molecule is C1=C(c2ccc3c(c2)-c2ccccc2C3(c2ccccc2)c2ccccc2)CC1. The summed E-state index contributed by atoms with van der Waals surface area (Å²) >= 11 is 0. The van der Waals surface area contributed by atoms with Crippen molar-refractivity contribution in [3.63, 3.8) is 0 Å². The van der Waals surface area contributed by atoms with E-state index in [1.54, 1.807) is 0 Å². The van der Waals surface area contributed by atoms with Crippen LogP contribution < -0.4 is 0 Å². The van der Waals surface area contributed by atoms with Crippen molar-refractivity contribution in [3.8, 4) is 11.1 Å². The van der Waals surface area contributed by atoms with Crippen LogP contribution in [0.3, 0.4) is 0 Å². The minimum absolute atomic E-state index is 0.277. The molecule has 2 aliphatic carbocycles. The molecule has 0 unspecified atom stereocenters. The largest absolute Gasteiger partial charge is 0.0804 e. The number of benzene rings is 4. The molecule has 4 aromatic rings. The van der Waals surface area contributed by atoms with Gasteiger partial charge in [0, 0.05) is 0 Å². The van der Waals surface area contributed by atoms with Crippen LogP contribution in [0.5, 0.6) is 0 Å². The molecular weight excluding hydrogens is 348 g/mol. The Kier molecular flexibility index (Phi) is 3.61. The molecule has 0 bridgehead atoms. The number of allylic oxidation sites excluding steroid dienone is 2. The zero-order valence-corrected chi connectivity index (χ0v) is 16.3. The highest BCUT2D eigenvalue weighted by molar-refractivity contribution is 5.88. The maximum absolute atomic E-state index is 2.42. The van der Waals surface area contributed by atoms with Gasteiger partial charge in [0.1, 0.15) is 0 Å². The van der Waals surface area contributed by atoms with Crippen molar-refractivity contribution in [1.82, 2.24) is 0 Å². The molecule has 0 aliphatic heterocycles. The summed E-state index contributed by atoms with van der Waals surface area (Å²) in [5.74, 6) is 0. The molecule has 0 radical (unpaired) electrons. The second-order valence-electron chi connectivity index (χ2n) is 8.06. The fraction of sp³-hybridized carbons (Fsp3) is 0.103. The number of hydrogen-bond acceptors (Lipinski definition) is 0. The van der Waals surface area contributed by atoms with Gasteiger partial charge in [-0.3, -0.25) is 0 Å². The Morgan fingerprint density at radius 1 is 0.552 bits per heavy atom. The van der Waals surface area contributed by atoms with Crippen LogP contribution in [-0.4, -0.2) is 0 Å². The minimum atomic E-state index is -0.277. The molecule has 6 rings (SSSR count). The molecule has 2 aliphatic rings. The van der Waals surface area contributed by atoms with E-state index >= 15 is 0 Å². The fourth-order valence-electron chi connectivity index (χ4n) is 5.20. The first-order valence-corrected chi connectivity index (χ1v) is 10.4. The van der Waals surface area contributed by atoms with Crippen molar-refractivity contribution in [3.05, 3.63) is 137 Å². The molecule has 4 aromatic carbocycles. The summed E-state index contributed by atoms with van der Waals surface area (Å²) in [5.41, 5.74) is 10.7. The lowest BCUT2D eigenvalue weighted by atomic mass is 9.67. The summed E-state index contributed by atoms with van der Waals surface area (Å²) in [4.78, 5) is 0. The molecule has 0 aromatic heterocycles. The summed E-state index contributed by atoms with van der Waals surface area (Å²) in [6.45, 7) is 0. The van der Waals surface area contributed by atoms with E-state index in [2.05, 4.69) is 109 Å². The van der Waals surface area contributed by atoms with Gasteiger partial charge < -0.3 is 0 Å². The molecule has 0 fully saturated rings. The predicted octanol–water partition coefficient (Wildman–Crippen LogP) is 7.23. The fourth-order valence-corrected chi connectivity index (χ4v) is 5.20. The Balaban J connectivity index is 1.74. The molecule has 0 heterocycles. The average Bonchev–Trinajstić information content (AvgIpc) is 3.05. The number of fused-ring (bicyclic) bond motifs is 3. The topological polar surface area (TPSA) is 0 Å². The van der Waals surface area contributed by atoms with Gasteiger partial charge in [-0.2, -0.15) is 0 Å². The van der Waals surface area contributed by atoms with Crippen molar-refractivity contribution >= 4 is 5.57 Å². The maximum atomic E-state index is 2.42. The van der Waals surface area contributed by atoms with Crippen LogP contribution >= 0.6 is 0 Å². The average molecular weight is 370 g/mol. The van der Waals surface area contributed by atoms with Gasteiger partial charge >= 0.3 is 0 Å². The van der Waals surface area contributed by atoms with Crippen molar-refractivity contribution in [2.24, 2.45) is 0 Å². The van der Waals surface area contributed by atoms with E-state index in [1.165, 1.54) is 57.4 Å². The van der Waals surface area contributed by atoms with Crippen LogP contribution in [-0.2, 0) is 5.41 Å². The smallest absolute Gasteiger partial charge is 0.0713 e. The molecular formula is C29H22. The van der Waals surface area contributed by atoms with Gasteiger partial charge in [0.15, 0.2) is 0 Å². The Hall–Kier alpha value is -3.38. The summed E-state index contributed by atoms with van der Waals surface area (Å²) in [6, 6.07) is 38.1. The molecule has 0 nitrogen and oxygen atoms in total. The highest BCUT2D eigenvalue weighted by Gasteiger charge is 2.45. The lowest BCUT2D eigenvalue weighted by Crippen LogP contribution is -2.28. The first kappa shape index (κ1) is 16.6. The summed E-state index contributed by atoms with van der Waals surface area (Å²) in [7, 11) is 0. The van der Waals surface area contributed by atoms with Crippen molar-refractivity contribution < 1.29 is 0 Å². The Morgan fingerprint density at radius 3 is 1.76 bits per heavy atom. The van der Waals surface area contributed by atoms with Gasteiger partial charge in [-0.1, -0.05) is 103 Å². The molecule has 138 valence electrons. The third-order valence-electron chi connectivity index (χ3n) is 6.63. The van der Waals surface area contributed by atoms with E-state index in [9.17, 15) is 0 Å². The molecule has 0 N–H and O–H groups in total. The van der Waals surface area contributed by atoms with Crippen LogP contribution in [0, 0.1) is 0 Å². The van der Waals surface area contributed by atoms with Gasteiger partial charge in [0.05, 0.1) is 5.41 Å². The lowest BCUT2D eigenvalue weighted by Gasteiger charge is -2.34. The quantitative estimate of drug-likeness (QED) is 0.314. The normalized spacial score (nSPS) is 15.8. The number of rotatable bonds is 3. The van der Waals surface area contributed by atoms with Gasteiger partial charge in [-0.25, -0.2) is 0 Å². The van der Waals surface area contributed by atoms with E-state index in [-0.39, 0.29) is 5.41 Å². The van der Waals surface area contributed by atoms with Gasteiger partial charge in [-0.05, 0) is 63.4 Å². The van der Waals surface area contributed by atoms with Gasteiger partial charge in [0.25, 0.3) is 0 Å². The van der Waals surface area contributed by atoms with Crippen LogP contribution in [0.15, 0.2) is 109 Å². The summed E-state index contributed by atoms with van der Waals surface area (Å²) in [6.07, 6.45) is 4.77. The molecule has 0 heteroatoms. The van der Waals surface area contributed by atoms with Crippen LogP contribution in [0.25, 0.3) is 16.7 Å². The van der Waals surface area contributed by atoms with E-state index < -0.39 is 0 Å². The van der Waals surface area contributed by atoms with Crippen molar-refractivity contribution in [1.29, 1.82) is 0 Å². The van der Waals surface area contributed by atoms with Crippen LogP contribution in [0.2, 0.25) is 0 Å². The highest BCUT2D eigenvalue weighted by Crippen LogP contribution is 2.56. The highest BCUT2D eigenvalue weighted by atomic mass is 14.5. The Labute approximate surface area is 172 Å². The molecule has 0 spiro atoms. The summed E-state index contributed by atoms with van der Waals surface area (Å²) < 4.78 is 0. The zero-order valence-electron chi connectivity index (χ0n) is 16.3.